The van der Waals surface area contributed by atoms with E-state index in [0.29, 0.717) is 5.13 Å². The third-order valence-corrected chi connectivity index (χ3v) is 3.35. The Morgan fingerprint density at radius 1 is 1.47 bits per heavy atom. The predicted octanol–water partition coefficient (Wildman–Crippen LogP) is 3.12. The highest BCUT2D eigenvalue weighted by Crippen LogP contribution is 2.29. The number of benzene rings is 1. The maximum atomic E-state index is 10.6. The lowest BCUT2D eigenvalue weighted by Gasteiger charge is -2.14. The maximum Gasteiger partial charge on any atom is 0.345 e. The van der Waals surface area contributed by atoms with Crippen LogP contribution < -0.4 is 5.32 Å². The maximum absolute atomic E-state index is 10.6. The van der Waals surface area contributed by atoms with E-state index in [9.17, 15) is 10.1 Å². The summed E-state index contributed by atoms with van der Waals surface area (Å²) in [5, 5.41) is 22.9. The van der Waals surface area contributed by atoms with Crippen LogP contribution in [0.3, 0.4) is 0 Å². The molecule has 0 bridgehead atoms. The number of hydrogen-bond acceptors (Lipinski definition) is 6. The van der Waals surface area contributed by atoms with E-state index in [2.05, 4.69) is 16.4 Å². The lowest BCUT2D eigenvalue weighted by molar-refractivity contribution is -0.380. The summed E-state index contributed by atoms with van der Waals surface area (Å²) in [4.78, 5) is 14.1. The topological polar surface area (TPSA) is 91.8 Å². The van der Waals surface area contributed by atoms with Gasteiger partial charge in [-0.2, -0.15) is 5.26 Å². The van der Waals surface area contributed by atoms with Crippen molar-refractivity contribution in [2.24, 2.45) is 0 Å². The first kappa shape index (κ1) is 13.0. The van der Waals surface area contributed by atoms with Gasteiger partial charge < -0.3 is 5.32 Å². The van der Waals surface area contributed by atoms with Crippen molar-refractivity contribution in [1.29, 1.82) is 5.26 Å². The van der Waals surface area contributed by atoms with Crippen molar-refractivity contribution in [2.45, 2.75) is 12.5 Å². The molecule has 0 spiro atoms. The van der Waals surface area contributed by atoms with Crippen LogP contribution in [0.1, 0.15) is 18.0 Å². The number of nitrogens with one attached hydrogen (secondary N) is 1. The molecule has 0 saturated heterocycles. The summed E-state index contributed by atoms with van der Waals surface area (Å²) in [7, 11) is 0. The number of nitro groups is 1. The fourth-order valence-corrected chi connectivity index (χ4v) is 2.28. The van der Waals surface area contributed by atoms with Crippen LogP contribution >= 0.6 is 11.3 Å². The zero-order chi connectivity index (χ0) is 13.7. The van der Waals surface area contributed by atoms with E-state index in [1.165, 1.54) is 6.20 Å². The van der Waals surface area contributed by atoms with Crippen molar-refractivity contribution in [3.63, 3.8) is 0 Å². The van der Waals surface area contributed by atoms with Crippen molar-refractivity contribution in [1.82, 2.24) is 4.98 Å². The van der Waals surface area contributed by atoms with Gasteiger partial charge in [0.1, 0.15) is 6.20 Å². The second-order valence-electron chi connectivity index (χ2n) is 3.73. The Balaban J connectivity index is 2.17. The number of rotatable bonds is 5. The van der Waals surface area contributed by atoms with Crippen molar-refractivity contribution >= 4 is 21.5 Å². The second kappa shape index (κ2) is 5.93. The van der Waals surface area contributed by atoms with Gasteiger partial charge in [-0.1, -0.05) is 30.3 Å². The normalized spacial score (nSPS) is 11.5. The summed E-state index contributed by atoms with van der Waals surface area (Å²) < 4.78 is 0. The van der Waals surface area contributed by atoms with Crippen molar-refractivity contribution < 1.29 is 4.92 Å². The molecule has 1 heterocycles. The van der Waals surface area contributed by atoms with Gasteiger partial charge in [0.05, 0.1) is 23.5 Å². The van der Waals surface area contributed by atoms with Crippen molar-refractivity contribution in [3.8, 4) is 6.07 Å². The van der Waals surface area contributed by atoms with Gasteiger partial charge in [-0.3, -0.25) is 10.1 Å². The Kier molecular flexibility index (Phi) is 4.05. The molecule has 1 aromatic heterocycles. The van der Waals surface area contributed by atoms with E-state index in [-0.39, 0.29) is 17.5 Å². The average Bonchev–Trinajstić information content (AvgIpc) is 2.88. The van der Waals surface area contributed by atoms with Gasteiger partial charge in [0.25, 0.3) is 0 Å². The molecule has 96 valence electrons. The Bertz CT molecular complexity index is 606. The Hall–Kier alpha value is -2.46. The molecule has 0 aliphatic rings. The highest BCUT2D eigenvalue weighted by molar-refractivity contribution is 7.18. The highest BCUT2D eigenvalue weighted by Gasteiger charge is 2.16. The molecular formula is C12H10N4O2S. The van der Waals surface area contributed by atoms with E-state index < -0.39 is 4.92 Å². The second-order valence-corrected chi connectivity index (χ2v) is 4.74. The van der Waals surface area contributed by atoms with Gasteiger partial charge in [-0.15, -0.1) is 0 Å². The van der Waals surface area contributed by atoms with Gasteiger partial charge in [-0.25, -0.2) is 4.98 Å². The minimum atomic E-state index is -0.481. The van der Waals surface area contributed by atoms with Crippen LogP contribution in [0.5, 0.6) is 0 Å². The smallest absolute Gasteiger partial charge is 0.345 e. The zero-order valence-electron chi connectivity index (χ0n) is 9.81. The first-order valence-electron chi connectivity index (χ1n) is 5.49. The minimum absolute atomic E-state index is 0.0220. The number of hydrogen-bond donors (Lipinski definition) is 1. The summed E-state index contributed by atoms with van der Waals surface area (Å²) in [6.07, 6.45) is 1.47. The fraction of sp³-hybridized carbons (Fsp3) is 0.167. The van der Waals surface area contributed by atoms with E-state index in [1.807, 2.05) is 30.3 Å². The van der Waals surface area contributed by atoms with Gasteiger partial charge >= 0.3 is 5.00 Å². The summed E-state index contributed by atoms with van der Waals surface area (Å²) in [6, 6.07) is 11.3. The monoisotopic (exact) mass is 274 g/mol. The number of thiazole rings is 1. The highest BCUT2D eigenvalue weighted by atomic mass is 32.1. The number of anilines is 1. The standard InChI is InChI=1S/C12H10N4O2S/c13-7-6-10(9-4-2-1-3-5-9)15-12-14-8-11(19-12)16(17)18/h1-5,8,10H,6H2,(H,14,15)/t10-/m0/s1. The first-order chi connectivity index (χ1) is 9.20. The van der Waals surface area contributed by atoms with Crippen LogP contribution in [-0.2, 0) is 0 Å². The van der Waals surface area contributed by atoms with E-state index in [1.54, 1.807) is 0 Å². The van der Waals surface area contributed by atoms with Crippen LogP contribution in [0.4, 0.5) is 10.1 Å². The Morgan fingerprint density at radius 3 is 2.79 bits per heavy atom. The molecule has 0 unspecified atom stereocenters. The van der Waals surface area contributed by atoms with Crippen LogP contribution in [0, 0.1) is 21.4 Å². The third kappa shape index (κ3) is 3.26. The SMILES string of the molecule is N#CC[C@H](Nc1ncc([N+](=O)[O-])s1)c1ccccc1. The van der Waals surface area contributed by atoms with Crippen LogP contribution in [0.25, 0.3) is 0 Å². The first-order valence-corrected chi connectivity index (χ1v) is 6.31. The number of nitrogens with zero attached hydrogens (tertiary/aromatic N) is 3. The minimum Gasteiger partial charge on any atom is -0.353 e. The summed E-state index contributed by atoms with van der Waals surface area (Å²) >= 11 is 0.959. The molecule has 1 atom stereocenters. The molecule has 0 radical (unpaired) electrons. The molecule has 0 aliphatic heterocycles. The zero-order valence-corrected chi connectivity index (χ0v) is 10.6. The number of nitriles is 1. The van der Waals surface area contributed by atoms with E-state index >= 15 is 0 Å². The molecule has 0 saturated carbocycles. The van der Waals surface area contributed by atoms with E-state index in [0.717, 1.165) is 16.9 Å². The molecule has 2 rings (SSSR count). The van der Waals surface area contributed by atoms with Gasteiger partial charge in [-0.05, 0) is 16.9 Å². The molecule has 19 heavy (non-hydrogen) atoms. The average molecular weight is 274 g/mol. The lowest BCUT2D eigenvalue weighted by Crippen LogP contribution is -2.09. The summed E-state index contributed by atoms with van der Waals surface area (Å²) in [5.74, 6) is 0. The van der Waals surface area contributed by atoms with Gasteiger partial charge in [0.15, 0.2) is 5.13 Å². The Labute approximate surface area is 113 Å². The number of aromatic nitrogens is 1. The fourth-order valence-electron chi connectivity index (χ4n) is 1.59. The van der Waals surface area contributed by atoms with E-state index in [4.69, 9.17) is 5.26 Å². The molecule has 1 aromatic carbocycles. The lowest BCUT2D eigenvalue weighted by atomic mass is 10.1. The molecule has 0 amide bonds. The van der Waals surface area contributed by atoms with Crippen molar-refractivity contribution in [2.75, 3.05) is 5.32 Å². The quantitative estimate of drug-likeness (QED) is 0.668. The largest absolute Gasteiger partial charge is 0.353 e. The van der Waals surface area contributed by atoms with Crippen molar-refractivity contribution in [3.05, 3.63) is 52.2 Å². The third-order valence-electron chi connectivity index (χ3n) is 2.47. The van der Waals surface area contributed by atoms with Gasteiger partial charge in [0, 0.05) is 0 Å². The van der Waals surface area contributed by atoms with Gasteiger partial charge in [0.2, 0.25) is 0 Å². The molecule has 0 fully saturated rings. The van der Waals surface area contributed by atoms with Crippen LogP contribution in [0.2, 0.25) is 0 Å². The van der Waals surface area contributed by atoms with Crippen LogP contribution in [-0.4, -0.2) is 9.91 Å². The van der Waals surface area contributed by atoms with Crippen LogP contribution in [0.15, 0.2) is 36.5 Å². The summed E-state index contributed by atoms with van der Waals surface area (Å²) in [5.41, 5.74) is 0.946. The molecule has 2 aromatic rings. The molecular weight excluding hydrogens is 264 g/mol. The molecule has 0 aliphatic carbocycles. The Morgan fingerprint density at radius 2 is 2.21 bits per heavy atom. The predicted molar refractivity (Wildman–Crippen MR) is 71.8 cm³/mol. The molecule has 7 heteroatoms. The summed E-state index contributed by atoms with van der Waals surface area (Å²) in [6.45, 7) is 0. The molecule has 6 nitrogen and oxygen atoms in total. The molecule has 1 N–H and O–H groups in total.